The average Bonchev–Trinajstić information content (AvgIpc) is 2.33. The van der Waals surface area contributed by atoms with Crippen molar-refractivity contribution >= 4 is 11.3 Å². The molecule has 2 rings (SSSR count). The van der Waals surface area contributed by atoms with Crippen molar-refractivity contribution in [1.82, 2.24) is 10.3 Å². The fourth-order valence-corrected chi connectivity index (χ4v) is 1.98. The van der Waals surface area contributed by atoms with E-state index >= 15 is 0 Å². The Balaban J connectivity index is 2.30. The van der Waals surface area contributed by atoms with Gasteiger partial charge in [-0.15, -0.1) is 11.3 Å². The zero-order chi connectivity index (χ0) is 6.97. The number of rotatable bonds is 0. The summed E-state index contributed by atoms with van der Waals surface area (Å²) < 4.78 is 0. The van der Waals surface area contributed by atoms with E-state index in [-0.39, 0.29) is 0 Å². The summed E-state index contributed by atoms with van der Waals surface area (Å²) in [5.74, 6) is 0. The van der Waals surface area contributed by atoms with Crippen LogP contribution in [0.15, 0.2) is 5.51 Å². The third-order valence-corrected chi connectivity index (χ3v) is 2.71. The maximum atomic E-state index is 4.29. The lowest BCUT2D eigenvalue weighted by atomic mass is 10.1. The minimum absolute atomic E-state index is 0.606. The van der Waals surface area contributed by atoms with Crippen LogP contribution in [0.3, 0.4) is 0 Å². The van der Waals surface area contributed by atoms with Gasteiger partial charge in [0.15, 0.2) is 0 Å². The standard InChI is InChI=1S/C7H10N2S/c1-5-2-6-7(3-8-5)10-4-9-6/h4-5,8H,2-3H2,1H3/t5-/m1/s1. The van der Waals surface area contributed by atoms with Crippen molar-refractivity contribution in [3.8, 4) is 0 Å². The number of aromatic nitrogens is 1. The number of nitrogens with zero attached hydrogens (tertiary/aromatic N) is 1. The Morgan fingerprint density at radius 2 is 2.70 bits per heavy atom. The third-order valence-electron chi connectivity index (χ3n) is 1.84. The summed E-state index contributed by atoms with van der Waals surface area (Å²) >= 11 is 1.75. The molecule has 0 saturated carbocycles. The Kier molecular flexibility index (Phi) is 1.47. The average molecular weight is 154 g/mol. The van der Waals surface area contributed by atoms with Crippen LogP contribution in [0.4, 0.5) is 0 Å². The van der Waals surface area contributed by atoms with Crippen molar-refractivity contribution in [2.45, 2.75) is 25.9 Å². The molecule has 0 spiro atoms. The summed E-state index contributed by atoms with van der Waals surface area (Å²) in [6.07, 6.45) is 1.10. The molecule has 2 nitrogen and oxygen atoms in total. The van der Waals surface area contributed by atoms with E-state index in [2.05, 4.69) is 17.2 Å². The highest BCUT2D eigenvalue weighted by atomic mass is 32.1. The first-order valence-corrected chi connectivity index (χ1v) is 4.39. The molecule has 1 N–H and O–H groups in total. The lowest BCUT2D eigenvalue weighted by Crippen LogP contribution is -2.32. The van der Waals surface area contributed by atoms with Crippen LogP contribution in [-0.4, -0.2) is 11.0 Å². The van der Waals surface area contributed by atoms with Crippen LogP contribution in [-0.2, 0) is 13.0 Å². The van der Waals surface area contributed by atoms with Gasteiger partial charge < -0.3 is 5.32 Å². The van der Waals surface area contributed by atoms with E-state index in [1.165, 1.54) is 10.6 Å². The molecule has 0 fully saturated rings. The molecule has 54 valence electrons. The third kappa shape index (κ3) is 0.954. The first-order chi connectivity index (χ1) is 4.86. The molecular formula is C7H10N2S. The lowest BCUT2D eigenvalue weighted by molar-refractivity contribution is 0.513. The Labute approximate surface area is 64.3 Å². The van der Waals surface area contributed by atoms with Gasteiger partial charge in [-0.3, -0.25) is 0 Å². The largest absolute Gasteiger partial charge is 0.309 e. The Bertz CT molecular complexity index is 231. The highest BCUT2D eigenvalue weighted by Crippen LogP contribution is 2.18. The van der Waals surface area contributed by atoms with Gasteiger partial charge in [0, 0.05) is 23.9 Å². The second kappa shape index (κ2) is 2.32. The van der Waals surface area contributed by atoms with Crippen molar-refractivity contribution in [1.29, 1.82) is 0 Å². The number of fused-ring (bicyclic) bond motifs is 1. The van der Waals surface area contributed by atoms with Crippen LogP contribution in [0.5, 0.6) is 0 Å². The first-order valence-electron chi connectivity index (χ1n) is 3.51. The monoisotopic (exact) mass is 154 g/mol. The lowest BCUT2D eigenvalue weighted by Gasteiger charge is -2.18. The molecule has 0 unspecified atom stereocenters. The molecule has 3 heteroatoms. The first kappa shape index (κ1) is 6.31. The fourth-order valence-electron chi connectivity index (χ4n) is 1.23. The van der Waals surface area contributed by atoms with Gasteiger partial charge in [-0.25, -0.2) is 4.98 Å². The molecule has 0 amide bonds. The molecule has 0 aromatic carbocycles. The molecule has 1 aromatic heterocycles. The smallest absolute Gasteiger partial charge is 0.0798 e. The normalized spacial score (nSPS) is 24.3. The van der Waals surface area contributed by atoms with Gasteiger partial charge in [-0.05, 0) is 6.92 Å². The van der Waals surface area contributed by atoms with E-state index in [0.29, 0.717) is 6.04 Å². The molecule has 0 aliphatic carbocycles. The van der Waals surface area contributed by atoms with Crippen LogP contribution in [0.25, 0.3) is 0 Å². The zero-order valence-electron chi connectivity index (χ0n) is 5.92. The second-order valence-electron chi connectivity index (χ2n) is 2.71. The maximum absolute atomic E-state index is 4.29. The molecule has 0 radical (unpaired) electrons. The van der Waals surface area contributed by atoms with Crippen molar-refractivity contribution in [3.63, 3.8) is 0 Å². The van der Waals surface area contributed by atoms with Crippen molar-refractivity contribution in [3.05, 3.63) is 16.1 Å². The van der Waals surface area contributed by atoms with E-state index in [4.69, 9.17) is 0 Å². The molecular weight excluding hydrogens is 144 g/mol. The van der Waals surface area contributed by atoms with Gasteiger partial charge in [-0.1, -0.05) is 0 Å². The highest BCUT2D eigenvalue weighted by molar-refractivity contribution is 7.09. The molecule has 1 aliphatic heterocycles. The zero-order valence-corrected chi connectivity index (χ0v) is 6.74. The molecule has 2 heterocycles. The van der Waals surface area contributed by atoms with E-state index < -0.39 is 0 Å². The summed E-state index contributed by atoms with van der Waals surface area (Å²) in [5.41, 5.74) is 3.24. The van der Waals surface area contributed by atoms with Crippen LogP contribution >= 0.6 is 11.3 Å². The summed E-state index contributed by atoms with van der Waals surface area (Å²) in [5, 5.41) is 3.39. The summed E-state index contributed by atoms with van der Waals surface area (Å²) in [6.45, 7) is 3.21. The molecule has 1 aliphatic rings. The van der Waals surface area contributed by atoms with E-state index in [9.17, 15) is 0 Å². The van der Waals surface area contributed by atoms with Crippen molar-refractivity contribution in [2.75, 3.05) is 0 Å². The Hall–Kier alpha value is -0.410. The minimum Gasteiger partial charge on any atom is -0.309 e. The second-order valence-corrected chi connectivity index (χ2v) is 3.65. The van der Waals surface area contributed by atoms with Crippen molar-refractivity contribution in [2.24, 2.45) is 0 Å². The SMILES string of the molecule is C[C@@H]1Cc2ncsc2CN1. The number of hydrogen-bond acceptors (Lipinski definition) is 3. The maximum Gasteiger partial charge on any atom is 0.0798 e. The quantitative estimate of drug-likeness (QED) is 0.607. The van der Waals surface area contributed by atoms with Crippen LogP contribution in [0.2, 0.25) is 0 Å². The molecule has 1 aromatic rings. The summed E-state index contributed by atoms with van der Waals surface area (Å²) in [4.78, 5) is 5.70. The Morgan fingerprint density at radius 1 is 1.80 bits per heavy atom. The van der Waals surface area contributed by atoms with Crippen LogP contribution < -0.4 is 5.32 Å². The van der Waals surface area contributed by atoms with Gasteiger partial charge in [0.25, 0.3) is 0 Å². The predicted octanol–water partition coefficient (Wildman–Crippen LogP) is 1.18. The van der Waals surface area contributed by atoms with Gasteiger partial charge in [0.05, 0.1) is 11.2 Å². The number of thiazole rings is 1. The van der Waals surface area contributed by atoms with Gasteiger partial charge in [-0.2, -0.15) is 0 Å². The van der Waals surface area contributed by atoms with Crippen LogP contribution in [0, 0.1) is 0 Å². The number of hydrogen-bond donors (Lipinski definition) is 1. The van der Waals surface area contributed by atoms with E-state index in [1.54, 1.807) is 11.3 Å². The predicted molar refractivity (Wildman–Crippen MR) is 42.1 cm³/mol. The minimum atomic E-state index is 0.606. The van der Waals surface area contributed by atoms with E-state index in [0.717, 1.165) is 13.0 Å². The van der Waals surface area contributed by atoms with Crippen molar-refractivity contribution < 1.29 is 0 Å². The molecule has 0 bridgehead atoms. The summed E-state index contributed by atoms with van der Waals surface area (Å²) in [6, 6.07) is 0.606. The summed E-state index contributed by atoms with van der Waals surface area (Å²) in [7, 11) is 0. The van der Waals surface area contributed by atoms with Crippen LogP contribution in [0.1, 0.15) is 17.5 Å². The topological polar surface area (TPSA) is 24.9 Å². The van der Waals surface area contributed by atoms with Gasteiger partial charge >= 0.3 is 0 Å². The van der Waals surface area contributed by atoms with Gasteiger partial charge in [0.1, 0.15) is 0 Å². The fraction of sp³-hybridized carbons (Fsp3) is 0.571. The molecule has 1 atom stereocenters. The van der Waals surface area contributed by atoms with E-state index in [1.807, 2.05) is 5.51 Å². The molecule has 0 saturated heterocycles. The number of nitrogens with one attached hydrogen (secondary N) is 1. The highest BCUT2D eigenvalue weighted by Gasteiger charge is 2.15. The Morgan fingerprint density at radius 3 is 3.60 bits per heavy atom. The van der Waals surface area contributed by atoms with Gasteiger partial charge in [0.2, 0.25) is 0 Å². The molecule has 10 heavy (non-hydrogen) atoms.